The lowest BCUT2D eigenvalue weighted by molar-refractivity contribution is -0.126. The third kappa shape index (κ3) is 2.14. The summed E-state index contributed by atoms with van der Waals surface area (Å²) in [6.45, 7) is 4.55. The fourth-order valence-electron chi connectivity index (χ4n) is 2.47. The zero-order valence-electron chi connectivity index (χ0n) is 11.0. The van der Waals surface area contributed by atoms with E-state index in [9.17, 15) is 4.79 Å². The molecule has 0 bridgehead atoms. The highest BCUT2D eigenvalue weighted by Crippen LogP contribution is 2.34. The molecule has 1 atom stereocenters. The Labute approximate surface area is 112 Å². The Balaban J connectivity index is 1.97. The highest BCUT2D eigenvalue weighted by molar-refractivity contribution is 5.87. The van der Waals surface area contributed by atoms with Gasteiger partial charge in [-0.05, 0) is 37.6 Å². The molecule has 5 nitrogen and oxygen atoms in total. The molecule has 0 radical (unpaired) electrons. The summed E-state index contributed by atoms with van der Waals surface area (Å²) in [6, 6.07) is 5.69. The summed E-state index contributed by atoms with van der Waals surface area (Å²) in [7, 11) is 0. The number of nitrogens with one attached hydrogen (secondary N) is 2. The molecule has 19 heavy (non-hydrogen) atoms. The van der Waals surface area contributed by atoms with Crippen LogP contribution in [0.5, 0.6) is 11.5 Å². The molecule has 2 heterocycles. The van der Waals surface area contributed by atoms with Gasteiger partial charge in [0.05, 0.1) is 0 Å². The van der Waals surface area contributed by atoms with Crippen molar-refractivity contribution in [2.75, 3.05) is 26.3 Å². The molecule has 0 aliphatic carbocycles. The van der Waals surface area contributed by atoms with E-state index in [4.69, 9.17) is 9.47 Å². The Morgan fingerprint density at radius 1 is 1.16 bits per heavy atom. The Morgan fingerprint density at radius 2 is 1.95 bits per heavy atom. The van der Waals surface area contributed by atoms with E-state index in [1.807, 2.05) is 25.1 Å². The van der Waals surface area contributed by atoms with E-state index >= 15 is 0 Å². The van der Waals surface area contributed by atoms with Gasteiger partial charge in [0.1, 0.15) is 18.8 Å². The van der Waals surface area contributed by atoms with Crippen molar-refractivity contribution < 1.29 is 14.3 Å². The molecule has 5 heteroatoms. The van der Waals surface area contributed by atoms with Crippen LogP contribution >= 0.6 is 0 Å². The third-order valence-electron chi connectivity index (χ3n) is 3.69. The monoisotopic (exact) mass is 262 g/mol. The number of rotatable bonds is 1. The smallest absolute Gasteiger partial charge is 0.244 e. The highest BCUT2D eigenvalue weighted by Gasteiger charge is 2.36. The minimum atomic E-state index is -0.716. The first-order valence-corrected chi connectivity index (χ1v) is 6.63. The van der Waals surface area contributed by atoms with Crippen LogP contribution in [0.1, 0.15) is 18.9 Å². The van der Waals surface area contributed by atoms with Crippen LogP contribution in [-0.4, -0.2) is 32.2 Å². The van der Waals surface area contributed by atoms with Gasteiger partial charge in [-0.15, -0.1) is 0 Å². The Morgan fingerprint density at radius 3 is 2.79 bits per heavy atom. The molecule has 3 rings (SSSR count). The lowest BCUT2D eigenvalue weighted by Crippen LogP contribution is -2.50. The van der Waals surface area contributed by atoms with Crippen molar-refractivity contribution in [2.45, 2.75) is 18.9 Å². The number of hydrogen-bond acceptors (Lipinski definition) is 4. The number of benzene rings is 1. The summed E-state index contributed by atoms with van der Waals surface area (Å²) in [5.41, 5.74) is 0.183. The Bertz CT molecular complexity index is 503. The first-order chi connectivity index (χ1) is 9.20. The van der Waals surface area contributed by atoms with Crippen molar-refractivity contribution in [1.82, 2.24) is 10.6 Å². The molecule has 1 saturated heterocycles. The first-order valence-electron chi connectivity index (χ1n) is 6.63. The number of carbonyl (C=O) groups is 1. The second-order valence-electron chi connectivity index (χ2n) is 5.02. The molecule has 1 fully saturated rings. The minimum Gasteiger partial charge on any atom is -0.486 e. The normalized spacial score (nSPS) is 26.5. The largest absolute Gasteiger partial charge is 0.486 e. The maximum absolute atomic E-state index is 12.3. The van der Waals surface area contributed by atoms with Crippen LogP contribution in [0.2, 0.25) is 0 Å². The lowest BCUT2D eigenvalue weighted by atomic mass is 9.90. The molecule has 1 unspecified atom stereocenters. The van der Waals surface area contributed by atoms with Gasteiger partial charge in [-0.2, -0.15) is 0 Å². The maximum Gasteiger partial charge on any atom is 0.244 e. The van der Waals surface area contributed by atoms with Crippen molar-refractivity contribution in [3.8, 4) is 11.5 Å². The molecule has 2 N–H and O–H groups in total. The van der Waals surface area contributed by atoms with Gasteiger partial charge in [0.2, 0.25) is 5.91 Å². The second kappa shape index (κ2) is 4.74. The van der Waals surface area contributed by atoms with Crippen LogP contribution in [0.15, 0.2) is 18.2 Å². The van der Waals surface area contributed by atoms with E-state index in [1.165, 1.54) is 0 Å². The summed E-state index contributed by atoms with van der Waals surface area (Å²) < 4.78 is 11.1. The molecule has 0 aromatic heterocycles. The van der Waals surface area contributed by atoms with Gasteiger partial charge >= 0.3 is 0 Å². The predicted molar refractivity (Wildman–Crippen MR) is 70.4 cm³/mol. The number of ether oxygens (including phenoxy) is 2. The van der Waals surface area contributed by atoms with E-state index in [-0.39, 0.29) is 5.91 Å². The van der Waals surface area contributed by atoms with Gasteiger partial charge in [-0.1, -0.05) is 6.07 Å². The molecule has 2 aliphatic rings. The molecule has 0 spiro atoms. The zero-order valence-corrected chi connectivity index (χ0v) is 11.0. The third-order valence-corrected chi connectivity index (χ3v) is 3.69. The number of hydrogen-bond donors (Lipinski definition) is 2. The van der Waals surface area contributed by atoms with Gasteiger partial charge < -0.3 is 14.8 Å². The number of amides is 1. The zero-order chi connectivity index (χ0) is 13.3. The van der Waals surface area contributed by atoms with Crippen LogP contribution in [0.4, 0.5) is 0 Å². The molecule has 0 saturated carbocycles. The summed E-state index contributed by atoms with van der Waals surface area (Å²) in [5, 5.41) is 6.26. The quantitative estimate of drug-likeness (QED) is 0.785. The molecule has 2 aliphatic heterocycles. The van der Waals surface area contributed by atoms with Crippen molar-refractivity contribution in [2.24, 2.45) is 0 Å². The number of carbonyl (C=O) groups excluding carboxylic acids is 1. The number of fused-ring (bicyclic) bond motifs is 1. The van der Waals surface area contributed by atoms with E-state index < -0.39 is 5.54 Å². The average molecular weight is 262 g/mol. The standard InChI is InChI=1S/C14H18N2O3/c1-14(13(17)15-5-2-6-16-14)10-3-4-11-12(9-10)19-8-7-18-11/h3-4,9,16H,2,5-8H2,1H3,(H,15,17). The first kappa shape index (κ1) is 12.3. The predicted octanol–water partition coefficient (Wildman–Crippen LogP) is 0.782. The maximum atomic E-state index is 12.3. The topological polar surface area (TPSA) is 59.6 Å². The highest BCUT2D eigenvalue weighted by atomic mass is 16.6. The molecule has 1 amide bonds. The fraction of sp³-hybridized carbons (Fsp3) is 0.500. The molecule has 102 valence electrons. The van der Waals surface area contributed by atoms with Gasteiger partial charge in [0.15, 0.2) is 11.5 Å². The van der Waals surface area contributed by atoms with Crippen LogP contribution in [0, 0.1) is 0 Å². The van der Waals surface area contributed by atoms with E-state index in [1.54, 1.807) is 0 Å². The molecule has 1 aromatic carbocycles. The van der Waals surface area contributed by atoms with Gasteiger partial charge in [-0.25, -0.2) is 0 Å². The summed E-state index contributed by atoms with van der Waals surface area (Å²) >= 11 is 0. The fourth-order valence-corrected chi connectivity index (χ4v) is 2.47. The molecular weight excluding hydrogens is 244 g/mol. The van der Waals surface area contributed by atoms with Crippen molar-refractivity contribution in [3.63, 3.8) is 0 Å². The van der Waals surface area contributed by atoms with Gasteiger partial charge in [0.25, 0.3) is 0 Å². The second-order valence-corrected chi connectivity index (χ2v) is 5.02. The van der Waals surface area contributed by atoms with Crippen molar-refractivity contribution in [1.29, 1.82) is 0 Å². The van der Waals surface area contributed by atoms with Crippen LogP contribution < -0.4 is 20.1 Å². The SMILES string of the molecule is CC1(c2ccc3c(c2)OCCO3)NCCCNC1=O. The molecule has 1 aromatic rings. The average Bonchev–Trinajstić information content (AvgIpc) is 2.62. The van der Waals surface area contributed by atoms with Crippen molar-refractivity contribution >= 4 is 5.91 Å². The van der Waals surface area contributed by atoms with E-state index in [0.29, 0.717) is 25.5 Å². The van der Waals surface area contributed by atoms with E-state index in [0.717, 1.165) is 24.3 Å². The lowest BCUT2D eigenvalue weighted by Gasteiger charge is -2.29. The van der Waals surface area contributed by atoms with Crippen LogP contribution in [0.25, 0.3) is 0 Å². The van der Waals surface area contributed by atoms with Crippen LogP contribution in [-0.2, 0) is 10.3 Å². The summed E-state index contributed by atoms with van der Waals surface area (Å²) in [5.74, 6) is 1.46. The summed E-state index contributed by atoms with van der Waals surface area (Å²) in [4.78, 5) is 12.3. The minimum absolute atomic E-state index is 0.00155. The van der Waals surface area contributed by atoms with Gasteiger partial charge in [0, 0.05) is 6.54 Å². The Kier molecular flexibility index (Phi) is 3.06. The Hall–Kier alpha value is -1.75. The van der Waals surface area contributed by atoms with Gasteiger partial charge in [-0.3, -0.25) is 10.1 Å². The van der Waals surface area contributed by atoms with Crippen LogP contribution in [0.3, 0.4) is 0 Å². The molecular formula is C14H18N2O3. The summed E-state index contributed by atoms with van der Waals surface area (Å²) in [6.07, 6.45) is 0.936. The van der Waals surface area contributed by atoms with E-state index in [2.05, 4.69) is 10.6 Å². The van der Waals surface area contributed by atoms with Crippen molar-refractivity contribution in [3.05, 3.63) is 23.8 Å².